The van der Waals surface area contributed by atoms with Crippen molar-refractivity contribution in [2.75, 3.05) is 13.6 Å². The van der Waals surface area contributed by atoms with Gasteiger partial charge in [0.25, 0.3) is 5.91 Å². The molecule has 0 fully saturated rings. The van der Waals surface area contributed by atoms with E-state index in [0.29, 0.717) is 25.1 Å². The SMILES string of the molecule is Cc1cc(C(=O)N(C)CC[C@@H]2C=C(C#N)C(=O)C(C)(C)C2)no1. The highest BCUT2D eigenvalue weighted by Gasteiger charge is 2.36. The molecule has 1 aromatic heterocycles. The number of allylic oxidation sites excluding steroid dienone is 2. The normalized spacial score (nSPS) is 19.9. The maximum Gasteiger partial charge on any atom is 0.275 e. The number of aryl methyl sites for hydroxylation is 1. The van der Waals surface area contributed by atoms with Gasteiger partial charge in [-0.25, -0.2) is 0 Å². The second-order valence-corrected chi connectivity index (χ2v) is 6.71. The zero-order chi connectivity index (χ0) is 17.2. The van der Waals surface area contributed by atoms with Gasteiger partial charge in [-0.1, -0.05) is 25.1 Å². The van der Waals surface area contributed by atoms with Crippen molar-refractivity contribution in [1.29, 1.82) is 5.26 Å². The van der Waals surface area contributed by atoms with E-state index in [0.717, 1.165) is 0 Å². The topological polar surface area (TPSA) is 87.2 Å². The smallest absolute Gasteiger partial charge is 0.275 e. The molecule has 0 aromatic carbocycles. The van der Waals surface area contributed by atoms with Crippen molar-refractivity contribution in [1.82, 2.24) is 10.1 Å². The summed E-state index contributed by atoms with van der Waals surface area (Å²) in [5.74, 6) is 0.402. The summed E-state index contributed by atoms with van der Waals surface area (Å²) >= 11 is 0. The molecule has 6 heteroatoms. The average molecular weight is 315 g/mol. The average Bonchev–Trinajstić information content (AvgIpc) is 2.93. The van der Waals surface area contributed by atoms with Gasteiger partial charge >= 0.3 is 0 Å². The van der Waals surface area contributed by atoms with E-state index in [-0.39, 0.29) is 28.9 Å². The number of hydrogen-bond donors (Lipinski definition) is 0. The molecule has 0 unspecified atom stereocenters. The van der Waals surface area contributed by atoms with Crippen LogP contribution < -0.4 is 0 Å². The Kier molecular flexibility index (Phi) is 4.69. The van der Waals surface area contributed by atoms with Crippen LogP contribution in [0.5, 0.6) is 0 Å². The number of ketones is 1. The highest BCUT2D eigenvalue weighted by molar-refractivity contribution is 6.03. The lowest BCUT2D eigenvalue weighted by Gasteiger charge is -2.32. The van der Waals surface area contributed by atoms with E-state index in [1.165, 1.54) is 0 Å². The third-order valence-corrected chi connectivity index (χ3v) is 4.18. The second-order valence-electron chi connectivity index (χ2n) is 6.71. The summed E-state index contributed by atoms with van der Waals surface area (Å²) in [4.78, 5) is 25.9. The van der Waals surface area contributed by atoms with Crippen molar-refractivity contribution in [3.05, 3.63) is 29.2 Å². The highest BCUT2D eigenvalue weighted by Crippen LogP contribution is 2.36. The summed E-state index contributed by atoms with van der Waals surface area (Å²) in [6.45, 7) is 5.98. The minimum absolute atomic E-state index is 0.0984. The Morgan fingerprint density at radius 2 is 2.26 bits per heavy atom. The molecule has 0 radical (unpaired) electrons. The number of nitrogens with zero attached hydrogens (tertiary/aromatic N) is 3. The van der Waals surface area contributed by atoms with Crippen molar-refractivity contribution in [3.8, 4) is 6.07 Å². The number of hydrogen-bond acceptors (Lipinski definition) is 5. The zero-order valence-electron chi connectivity index (χ0n) is 13.9. The number of amides is 1. The van der Waals surface area contributed by atoms with Crippen molar-refractivity contribution >= 4 is 11.7 Å². The molecule has 0 spiro atoms. The van der Waals surface area contributed by atoms with Gasteiger partial charge in [0, 0.05) is 25.1 Å². The third-order valence-electron chi connectivity index (χ3n) is 4.18. The molecular weight excluding hydrogens is 294 g/mol. The Balaban J connectivity index is 2.00. The fraction of sp³-hybridized carbons (Fsp3) is 0.529. The predicted octanol–water partition coefficient (Wildman–Crippen LogP) is 2.51. The Labute approximate surface area is 135 Å². The monoisotopic (exact) mass is 315 g/mol. The predicted molar refractivity (Wildman–Crippen MR) is 83.4 cm³/mol. The van der Waals surface area contributed by atoms with Crippen LogP contribution in [-0.4, -0.2) is 35.3 Å². The Morgan fingerprint density at radius 1 is 1.57 bits per heavy atom. The van der Waals surface area contributed by atoms with E-state index in [9.17, 15) is 9.59 Å². The molecule has 0 aliphatic heterocycles. The molecule has 1 aliphatic carbocycles. The van der Waals surface area contributed by atoms with Crippen LogP contribution >= 0.6 is 0 Å². The first-order valence-electron chi connectivity index (χ1n) is 7.60. The Morgan fingerprint density at radius 3 is 2.83 bits per heavy atom. The first kappa shape index (κ1) is 16.9. The molecule has 1 heterocycles. The number of carbonyl (C=O) groups is 2. The van der Waals surface area contributed by atoms with Gasteiger partial charge in [0.2, 0.25) is 0 Å². The number of nitriles is 1. The van der Waals surface area contributed by atoms with E-state index in [4.69, 9.17) is 9.78 Å². The molecule has 23 heavy (non-hydrogen) atoms. The molecule has 122 valence electrons. The molecule has 2 rings (SSSR count). The summed E-state index contributed by atoms with van der Waals surface area (Å²) in [5.41, 5.74) is -0.0132. The fourth-order valence-corrected chi connectivity index (χ4v) is 2.88. The number of Topliss-reactive ketones (excluding diaryl/α,β-unsaturated/α-hetero) is 1. The van der Waals surface area contributed by atoms with Crippen molar-refractivity contribution in [2.24, 2.45) is 11.3 Å². The Bertz CT molecular complexity index is 694. The molecular formula is C17H21N3O3. The largest absolute Gasteiger partial charge is 0.361 e. The van der Waals surface area contributed by atoms with Crippen LogP contribution in [0.2, 0.25) is 0 Å². The van der Waals surface area contributed by atoms with E-state index in [1.54, 1.807) is 31.0 Å². The molecule has 1 amide bonds. The first-order valence-corrected chi connectivity index (χ1v) is 7.60. The number of rotatable bonds is 4. The van der Waals surface area contributed by atoms with Crippen molar-refractivity contribution in [3.63, 3.8) is 0 Å². The summed E-state index contributed by atoms with van der Waals surface area (Å²) in [6, 6.07) is 3.59. The lowest BCUT2D eigenvalue weighted by Crippen LogP contribution is -2.34. The van der Waals surface area contributed by atoms with Crippen LogP contribution in [0.1, 0.15) is 42.9 Å². The highest BCUT2D eigenvalue weighted by atomic mass is 16.5. The van der Waals surface area contributed by atoms with Gasteiger partial charge in [-0.15, -0.1) is 0 Å². The molecule has 6 nitrogen and oxygen atoms in total. The first-order chi connectivity index (χ1) is 10.7. The lowest BCUT2D eigenvalue weighted by molar-refractivity contribution is -0.124. The summed E-state index contributed by atoms with van der Waals surface area (Å²) < 4.78 is 4.92. The maximum atomic E-state index is 12.2. The summed E-state index contributed by atoms with van der Waals surface area (Å²) in [7, 11) is 1.71. The van der Waals surface area contributed by atoms with Crippen LogP contribution in [0.25, 0.3) is 0 Å². The molecule has 1 aliphatic rings. The van der Waals surface area contributed by atoms with Crippen LogP contribution in [0.4, 0.5) is 0 Å². The molecule has 0 saturated carbocycles. The second kappa shape index (κ2) is 6.37. The van der Waals surface area contributed by atoms with Crippen LogP contribution in [0.15, 0.2) is 22.2 Å². The zero-order valence-corrected chi connectivity index (χ0v) is 13.9. The van der Waals surface area contributed by atoms with Crippen LogP contribution in [0, 0.1) is 29.6 Å². The fourth-order valence-electron chi connectivity index (χ4n) is 2.88. The summed E-state index contributed by atoms with van der Waals surface area (Å²) in [5, 5.41) is 12.8. The van der Waals surface area contributed by atoms with Gasteiger partial charge in [-0.2, -0.15) is 5.26 Å². The van der Waals surface area contributed by atoms with E-state index < -0.39 is 5.41 Å². The standard InChI is InChI=1S/C17H21N3O3/c1-11-7-14(19-23-11)16(22)20(4)6-5-12-8-13(10-18)15(21)17(2,3)9-12/h7-8,12H,5-6,9H2,1-4H3/t12-/m1/s1. The van der Waals surface area contributed by atoms with Gasteiger partial charge in [-0.3, -0.25) is 9.59 Å². The molecule has 0 bridgehead atoms. The third kappa shape index (κ3) is 3.67. The number of carbonyl (C=O) groups excluding carboxylic acids is 2. The summed E-state index contributed by atoms with van der Waals surface area (Å²) in [6.07, 6.45) is 3.12. The minimum Gasteiger partial charge on any atom is -0.361 e. The van der Waals surface area contributed by atoms with Crippen LogP contribution in [-0.2, 0) is 4.79 Å². The molecule has 1 aromatic rings. The van der Waals surface area contributed by atoms with Crippen molar-refractivity contribution in [2.45, 2.75) is 33.6 Å². The molecule has 1 atom stereocenters. The van der Waals surface area contributed by atoms with Crippen LogP contribution in [0.3, 0.4) is 0 Å². The Hall–Kier alpha value is -2.42. The van der Waals surface area contributed by atoms with E-state index in [2.05, 4.69) is 5.16 Å². The van der Waals surface area contributed by atoms with Gasteiger partial charge in [0.05, 0.1) is 5.57 Å². The lowest BCUT2D eigenvalue weighted by atomic mass is 9.71. The van der Waals surface area contributed by atoms with Gasteiger partial charge in [-0.05, 0) is 25.7 Å². The van der Waals surface area contributed by atoms with Crippen molar-refractivity contribution < 1.29 is 14.1 Å². The molecule has 0 saturated heterocycles. The quantitative estimate of drug-likeness (QED) is 0.852. The van der Waals surface area contributed by atoms with E-state index in [1.807, 2.05) is 19.9 Å². The molecule has 0 N–H and O–H groups in total. The maximum absolute atomic E-state index is 12.2. The van der Waals surface area contributed by atoms with Gasteiger partial charge < -0.3 is 9.42 Å². The number of aromatic nitrogens is 1. The minimum atomic E-state index is -0.531. The van der Waals surface area contributed by atoms with Gasteiger partial charge in [0.15, 0.2) is 11.5 Å². The van der Waals surface area contributed by atoms with Gasteiger partial charge in [0.1, 0.15) is 11.8 Å². The van der Waals surface area contributed by atoms with E-state index >= 15 is 0 Å².